The van der Waals surface area contributed by atoms with E-state index in [0.717, 1.165) is 67.0 Å². The molecule has 5 heterocycles. The number of hydrogen-bond acceptors (Lipinski definition) is 7. The van der Waals surface area contributed by atoms with Crippen LogP contribution in [0.3, 0.4) is 0 Å². The molecule has 1 atom stereocenters. The molecule has 1 aromatic carbocycles. The number of imidazole rings is 1. The molecule has 9 nitrogen and oxygen atoms in total. The Bertz CT molecular complexity index is 1670. The summed E-state index contributed by atoms with van der Waals surface area (Å²) in [6.07, 6.45) is 7.26. The third kappa shape index (κ3) is 5.24. The van der Waals surface area contributed by atoms with Crippen molar-refractivity contribution < 1.29 is 9.18 Å². The number of aromatic nitrogens is 4. The summed E-state index contributed by atoms with van der Waals surface area (Å²) in [5.74, 6) is 1.96. The Labute approximate surface area is 250 Å². The molecule has 0 unspecified atom stereocenters. The van der Waals surface area contributed by atoms with Gasteiger partial charge in [-0.15, -0.1) is 0 Å². The second-order valence-electron chi connectivity index (χ2n) is 11.8. The Morgan fingerprint density at radius 3 is 2.60 bits per heavy atom. The third-order valence-corrected chi connectivity index (χ3v) is 9.20. The van der Waals surface area contributed by atoms with Crippen LogP contribution in [0, 0.1) is 0 Å². The lowest BCUT2D eigenvalue weighted by molar-refractivity contribution is -0.127. The number of halogens is 1. The van der Waals surface area contributed by atoms with Gasteiger partial charge in [0.1, 0.15) is 23.3 Å². The van der Waals surface area contributed by atoms with E-state index >= 15 is 0 Å². The highest BCUT2D eigenvalue weighted by atomic mass is 19.1. The van der Waals surface area contributed by atoms with Crippen LogP contribution in [-0.4, -0.2) is 68.7 Å². The van der Waals surface area contributed by atoms with E-state index in [9.17, 15) is 9.18 Å². The second-order valence-corrected chi connectivity index (χ2v) is 11.8. The van der Waals surface area contributed by atoms with Crippen molar-refractivity contribution in [2.45, 2.75) is 56.8 Å². The molecule has 3 aliphatic rings. The number of aryl methyl sites for hydroxylation is 1. The fraction of sp³-hybridized carbons (Fsp3) is 0.394. The molecule has 4 aromatic rings. The van der Waals surface area contributed by atoms with Crippen LogP contribution < -0.4 is 16.0 Å². The van der Waals surface area contributed by atoms with E-state index in [1.54, 1.807) is 6.20 Å². The van der Waals surface area contributed by atoms with Gasteiger partial charge in [-0.3, -0.25) is 9.36 Å². The van der Waals surface area contributed by atoms with Gasteiger partial charge in [0.25, 0.3) is 0 Å². The number of nitrogen functional groups attached to an aromatic ring is 1. The van der Waals surface area contributed by atoms with E-state index in [2.05, 4.69) is 44.5 Å². The van der Waals surface area contributed by atoms with Gasteiger partial charge in [-0.05, 0) is 92.1 Å². The number of likely N-dealkylation sites (tertiary alicyclic amines) is 1. The monoisotopic (exact) mass is 580 g/mol. The van der Waals surface area contributed by atoms with Crippen molar-refractivity contribution in [1.82, 2.24) is 29.7 Å². The molecule has 0 saturated carbocycles. The summed E-state index contributed by atoms with van der Waals surface area (Å²) in [4.78, 5) is 30.4. The highest BCUT2D eigenvalue weighted by molar-refractivity contribution is 5.87. The minimum atomic E-state index is -0.746. The number of nitrogens with zero attached hydrogens (tertiary/aromatic N) is 6. The first-order chi connectivity index (χ1) is 21.0. The summed E-state index contributed by atoms with van der Waals surface area (Å²) < 4.78 is 16.0. The number of nitrogens with one attached hydrogen (secondary N) is 1. The van der Waals surface area contributed by atoms with Crippen molar-refractivity contribution in [2.75, 3.05) is 36.8 Å². The van der Waals surface area contributed by atoms with E-state index in [1.165, 1.54) is 17.2 Å². The van der Waals surface area contributed by atoms with Gasteiger partial charge in [0.05, 0.1) is 5.56 Å². The molecule has 2 aliphatic heterocycles. The summed E-state index contributed by atoms with van der Waals surface area (Å²) in [5.41, 5.74) is 12.2. The molecule has 43 heavy (non-hydrogen) atoms. The van der Waals surface area contributed by atoms with Crippen LogP contribution in [0.4, 0.5) is 16.0 Å². The van der Waals surface area contributed by atoms with Gasteiger partial charge in [-0.25, -0.2) is 19.3 Å². The number of anilines is 2. The van der Waals surface area contributed by atoms with Gasteiger partial charge in [-0.1, -0.05) is 12.6 Å². The van der Waals surface area contributed by atoms with Crippen LogP contribution in [0.5, 0.6) is 0 Å². The number of piperidine rings is 2. The van der Waals surface area contributed by atoms with Crippen molar-refractivity contribution >= 4 is 28.7 Å². The Morgan fingerprint density at radius 1 is 1.02 bits per heavy atom. The first kappa shape index (κ1) is 27.5. The number of alkyl halides is 1. The topological polar surface area (TPSA) is 105 Å². The molecule has 10 heteroatoms. The predicted octanol–water partition coefficient (Wildman–Crippen LogP) is 4.76. The number of amides is 1. The smallest absolute Gasteiger partial charge is 0.245 e. The Morgan fingerprint density at radius 2 is 1.84 bits per heavy atom. The van der Waals surface area contributed by atoms with Crippen molar-refractivity contribution in [2.24, 2.45) is 0 Å². The molecule has 3 aromatic heterocycles. The van der Waals surface area contributed by atoms with Crippen LogP contribution in [0.15, 0.2) is 61.3 Å². The quantitative estimate of drug-likeness (QED) is 0.317. The summed E-state index contributed by atoms with van der Waals surface area (Å²) in [6.45, 7) is 6.43. The van der Waals surface area contributed by atoms with E-state index in [4.69, 9.17) is 15.7 Å². The van der Waals surface area contributed by atoms with Gasteiger partial charge in [0, 0.05) is 50.1 Å². The maximum Gasteiger partial charge on any atom is 0.245 e. The van der Waals surface area contributed by atoms with E-state index in [-0.39, 0.29) is 11.9 Å². The minimum absolute atomic E-state index is 0.0163. The number of carbonyl (C=O) groups excluding carboxylic acids is 1. The van der Waals surface area contributed by atoms with E-state index < -0.39 is 6.17 Å². The summed E-state index contributed by atoms with van der Waals surface area (Å²) in [6, 6.07) is 15.1. The fourth-order valence-corrected chi connectivity index (χ4v) is 6.83. The standard InChI is InChI=1S/C33H37FN8O/c1-2-30(43)41-18-13-23(14-19-41)37-27-8-5-21-20-24(6-7-25(21)27)42-32(26-4-3-15-36-31(26)35)38-28-9-10-29(39-33(28)42)40-16-11-22(34)12-17-40/h2-4,6-7,9-10,15,20,22-23,27,37H,1,5,8,11-14,16-19H2,(H2,35,36)/t27-/m0/s1. The average molecular weight is 581 g/mol. The normalized spacial score (nSPS) is 19.6. The molecule has 222 valence electrons. The van der Waals surface area contributed by atoms with Gasteiger partial charge >= 0.3 is 0 Å². The van der Waals surface area contributed by atoms with Crippen LogP contribution in [0.1, 0.15) is 49.3 Å². The van der Waals surface area contributed by atoms with Gasteiger partial charge in [0.2, 0.25) is 5.91 Å². The zero-order valence-corrected chi connectivity index (χ0v) is 24.3. The van der Waals surface area contributed by atoms with E-state index in [1.807, 2.05) is 29.2 Å². The maximum absolute atomic E-state index is 13.9. The number of fused-ring (bicyclic) bond motifs is 2. The lowest BCUT2D eigenvalue weighted by Gasteiger charge is -2.33. The summed E-state index contributed by atoms with van der Waals surface area (Å²) in [5, 5.41) is 3.87. The Balaban J connectivity index is 1.21. The molecule has 0 spiro atoms. The Kier molecular flexibility index (Phi) is 7.30. The largest absolute Gasteiger partial charge is 0.383 e. The fourth-order valence-electron chi connectivity index (χ4n) is 6.83. The van der Waals surface area contributed by atoms with Crippen molar-refractivity contribution in [3.05, 3.63) is 72.4 Å². The molecule has 1 amide bonds. The third-order valence-electron chi connectivity index (χ3n) is 9.20. The molecule has 1 aliphatic carbocycles. The van der Waals surface area contributed by atoms with Gasteiger partial charge < -0.3 is 20.9 Å². The first-order valence-electron chi connectivity index (χ1n) is 15.3. The zero-order valence-electron chi connectivity index (χ0n) is 24.3. The summed E-state index contributed by atoms with van der Waals surface area (Å²) >= 11 is 0. The van der Waals surface area contributed by atoms with E-state index in [0.29, 0.717) is 43.6 Å². The zero-order chi connectivity index (χ0) is 29.5. The van der Waals surface area contributed by atoms with Gasteiger partial charge in [0.15, 0.2) is 11.5 Å². The lowest BCUT2D eigenvalue weighted by Crippen LogP contribution is -2.45. The van der Waals surface area contributed by atoms with Crippen molar-refractivity contribution in [1.29, 1.82) is 0 Å². The van der Waals surface area contributed by atoms with Crippen LogP contribution in [0.25, 0.3) is 28.2 Å². The second kappa shape index (κ2) is 11.4. The molecular formula is C33H37FN8O. The maximum atomic E-state index is 13.9. The van der Waals surface area contributed by atoms with Crippen LogP contribution >= 0.6 is 0 Å². The van der Waals surface area contributed by atoms with Crippen molar-refractivity contribution in [3.8, 4) is 17.1 Å². The lowest BCUT2D eigenvalue weighted by atomic mass is 10.0. The van der Waals surface area contributed by atoms with Crippen LogP contribution in [-0.2, 0) is 11.2 Å². The number of pyridine rings is 2. The number of benzene rings is 1. The molecule has 7 rings (SSSR count). The SMILES string of the molecule is C=CC(=O)N1CCC(N[C@H]2CCc3cc(-n4c(-c5cccnc5N)nc5ccc(N6CCC(F)CC6)nc54)ccc32)CC1. The number of carbonyl (C=O) groups is 1. The Hall–Kier alpha value is -4.31. The highest BCUT2D eigenvalue weighted by Crippen LogP contribution is 2.37. The highest BCUT2D eigenvalue weighted by Gasteiger charge is 2.29. The number of rotatable bonds is 6. The minimum Gasteiger partial charge on any atom is -0.383 e. The number of hydrogen-bond donors (Lipinski definition) is 2. The van der Waals surface area contributed by atoms with Gasteiger partial charge in [-0.2, -0.15) is 0 Å². The average Bonchev–Trinajstić information content (AvgIpc) is 3.62. The predicted molar refractivity (Wildman–Crippen MR) is 167 cm³/mol. The molecule has 3 N–H and O–H groups in total. The van der Waals surface area contributed by atoms with Crippen molar-refractivity contribution in [3.63, 3.8) is 0 Å². The molecule has 2 fully saturated rings. The molecule has 0 bridgehead atoms. The van der Waals surface area contributed by atoms with Crippen LogP contribution in [0.2, 0.25) is 0 Å². The molecule has 2 saturated heterocycles. The first-order valence-corrected chi connectivity index (χ1v) is 15.3. The number of nitrogens with two attached hydrogens (primary N) is 1. The molecule has 0 radical (unpaired) electrons. The molecular weight excluding hydrogens is 543 g/mol. The summed E-state index contributed by atoms with van der Waals surface area (Å²) in [7, 11) is 0.